The van der Waals surface area contributed by atoms with E-state index >= 15 is 0 Å². The number of esters is 1. The molecule has 1 aromatic heterocycles. The Balaban J connectivity index is 1.56. The average molecular weight is 448 g/mol. The zero-order valence-electron chi connectivity index (χ0n) is 20.0. The molecule has 0 aliphatic heterocycles. The molecule has 0 saturated carbocycles. The number of nitrogens with zero attached hydrogens (tertiary/aromatic N) is 1. The van der Waals surface area contributed by atoms with Crippen LogP contribution in [0.5, 0.6) is 11.5 Å². The number of rotatable bonds is 11. The van der Waals surface area contributed by atoms with Gasteiger partial charge in [0.05, 0.1) is 19.8 Å². The maximum Gasteiger partial charge on any atom is 0.305 e. The number of carbonyl (C=O) groups excluding carboxylic acids is 1. The van der Waals surface area contributed by atoms with E-state index in [0.29, 0.717) is 19.4 Å². The Hall–Kier alpha value is -3.34. The lowest BCUT2D eigenvalue weighted by atomic mass is 10.0. The first-order valence-corrected chi connectivity index (χ1v) is 11.5. The van der Waals surface area contributed by atoms with Gasteiger partial charge in [-0.2, -0.15) is 0 Å². The number of aryl methyl sites for hydroxylation is 3. The fraction of sp³-hybridized carbons (Fsp3) is 0.357. The Morgan fingerprint density at radius 1 is 1.12 bits per heavy atom. The van der Waals surface area contributed by atoms with Gasteiger partial charge in [0, 0.05) is 36.4 Å². The van der Waals surface area contributed by atoms with E-state index in [1.54, 1.807) is 6.20 Å². The lowest BCUT2D eigenvalue weighted by Gasteiger charge is -2.19. The molecule has 3 rings (SSSR count). The van der Waals surface area contributed by atoms with Gasteiger partial charge in [-0.15, -0.1) is 0 Å². The topological polar surface area (TPSA) is 57.7 Å². The van der Waals surface area contributed by atoms with E-state index in [1.807, 2.05) is 37.4 Å². The van der Waals surface area contributed by atoms with Crippen molar-refractivity contribution in [3.63, 3.8) is 0 Å². The number of methoxy groups -OCH3 is 1. The summed E-state index contributed by atoms with van der Waals surface area (Å²) < 4.78 is 17.0. The van der Waals surface area contributed by atoms with E-state index in [1.165, 1.54) is 12.7 Å². The lowest BCUT2D eigenvalue weighted by molar-refractivity contribution is -0.140. The predicted octanol–water partition coefficient (Wildman–Crippen LogP) is 5.96. The van der Waals surface area contributed by atoms with Gasteiger partial charge in [0.2, 0.25) is 0 Å². The molecule has 0 aliphatic carbocycles. The van der Waals surface area contributed by atoms with E-state index in [4.69, 9.17) is 14.2 Å². The maximum absolute atomic E-state index is 11.4. The second kappa shape index (κ2) is 12.0. The van der Waals surface area contributed by atoms with Gasteiger partial charge in [-0.3, -0.25) is 9.78 Å². The molecular formula is C28H33NO4. The average Bonchev–Trinajstić information content (AvgIpc) is 2.84. The zero-order valence-corrected chi connectivity index (χ0v) is 20.0. The van der Waals surface area contributed by atoms with Crippen molar-refractivity contribution < 1.29 is 19.0 Å². The fourth-order valence-corrected chi connectivity index (χ4v) is 3.64. The monoisotopic (exact) mass is 447 g/mol. The van der Waals surface area contributed by atoms with Crippen molar-refractivity contribution in [1.29, 1.82) is 0 Å². The Labute approximate surface area is 196 Å². The lowest BCUT2D eigenvalue weighted by Crippen LogP contribution is -2.16. The highest BCUT2D eigenvalue weighted by Crippen LogP contribution is 2.32. The molecular weight excluding hydrogens is 414 g/mol. The Kier molecular flexibility index (Phi) is 8.87. The number of carbonyl (C=O) groups is 1. The summed E-state index contributed by atoms with van der Waals surface area (Å²) >= 11 is 0. The van der Waals surface area contributed by atoms with E-state index < -0.39 is 0 Å². The van der Waals surface area contributed by atoms with Crippen LogP contribution in [0.4, 0.5) is 0 Å². The summed E-state index contributed by atoms with van der Waals surface area (Å²) in [5.41, 5.74) is 5.62. The molecule has 5 heteroatoms. The van der Waals surface area contributed by atoms with Crippen molar-refractivity contribution in [3.05, 3.63) is 77.6 Å². The number of hydrogen-bond acceptors (Lipinski definition) is 5. The summed E-state index contributed by atoms with van der Waals surface area (Å²) in [7, 11) is 1.41. The van der Waals surface area contributed by atoms with Crippen LogP contribution >= 0.6 is 0 Å². The normalized spacial score (nSPS) is 11.6. The molecule has 5 nitrogen and oxygen atoms in total. The van der Waals surface area contributed by atoms with E-state index in [2.05, 4.69) is 43.1 Å². The number of pyridine rings is 1. The quantitative estimate of drug-likeness (QED) is 0.339. The number of ether oxygens (including phenoxy) is 3. The molecule has 1 atom stereocenters. The minimum atomic E-state index is -0.195. The van der Waals surface area contributed by atoms with Crippen molar-refractivity contribution >= 4 is 5.97 Å². The molecule has 0 fully saturated rings. The molecule has 0 bridgehead atoms. The second-order valence-electron chi connectivity index (χ2n) is 8.16. The molecule has 0 spiro atoms. The molecule has 2 aromatic carbocycles. The van der Waals surface area contributed by atoms with Gasteiger partial charge in [-0.1, -0.05) is 25.1 Å². The van der Waals surface area contributed by atoms with Gasteiger partial charge in [-0.05, 0) is 73.7 Å². The maximum atomic E-state index is 11.4. The Morgan fingerprint density at radius 3 is 2.67 bits per heavy atom. The van der Waals surface area contributed by atoms with Crippen LogP contribution in [0.15, 0.2) is 60.9 Å². The molecule has 0 radical (unpaired) electrons. The second-order valence-corrected chi connectivity index (χ2v) is 8.16. The summed E-state index contributed by atoms with van der Waals surface area (Å²) in [6.07, 6.45) is 6.41. The van der Waals surface area contributed by atoms with Crippen LogP contribution in [0, 0.1) is 6.92 Å². The van der Waals surface area contributed by atoms with E-state index in [0.717, 1.165) is 46.6 Å². The van der Waals surface area contributed by atoms with Gasteiger partial charge in [-0.25, -0.2) is 0 Å². The molecule has 174 valence electrons. The van der Waals surface area contributed by atoms with Crippen molar-refractivity contribution in [2.75, 3.05) is 13.7 Å². The summed E-state index contributed by atoms with van der Waals surface area (Å²) in [6, 6.07) is 16.3. The Morgan fingerprint density at radius 2 is 1.97 bits per heavy atom. The first kappa shape index (κ1) is 24.3. The number of aromatic nitrogens is 1. The predicted molar refractivity (Wildman–Crippen MR) is 131 cm³/mol. The van der Waals surface area contributed by atoms with Gasteiger partial charge >= 0.3 is 5.97 Å². The molecule has 0 N–H and O–H groups in total. The van der Waals surface area contributed by atoms with Crippen LogP contribution in [0.2, 0.25) is 0 Å². The summed E-state index contributed by atoms with van der Waals surface area (Å²) in [6.45, 7) is 6.80. The summed E-state index contributed by atoms with van der Waals surface area (Å²) in [4.78, 5) is 15.6. The van der Waals surface area contributed by atoms with Crippen molar-refractivity contribution in [3.8, 4) is 22.6 Å². The fourth-order valence-electron chi connectivity index (χ4n) is 3.64. The van der Waals surface area contributed by atoms with Crippen LogP contribution in [-0.2, 0) is 22.4 Å². The number of benzene rings is 2. The molecule has 0 aliphatic rings. The first-order valence-electron chi connectivity index (χ1n) is 11.5. The molecule has 0 saturated heterocycles. The zero-order chi connectivity index (χ0) is 23.6. The van der Waals surface area contributed by atoms with Gasteiger partial charge in [0.25, 0.3) is 0 Å². The molecule has 1 heterocycles. The molecule has 33 heavy (non-hydrogen) atoms. The third kappa shape index (κ3) is 7.07. The van der Waals surface area contributed by atoms with Crippen LogP contribution in [0.1, 0.15) is 43.4 Å². The largest absolute Gasteiger partial charge is 0.493 e. The van der Waals surface area contributed by atoms with Crippen LogP contribution < -0.4 is 9.47 Å². The third-order valence-electron chi connectivity index (χ3n) is 5.69. The van der Waals surface area contributed by atoms with Crippen LogP contribution in [0.3, 0.4) is 0 Å². The van der Waals surface area contributed by atoms with Gasteiger partial charge in [0.15, 0.2) is 0 Å². The van der Waals surface area contributed by atoms with Crippen molar-refractivity contribution in [2.24, 2.45) is 0 Å². The number of hydrogen-bond donors (Lipinski definition) is 0. The van der Waals surface area contributed by atoms with Crippen LogP contribution in [-0.4, -0.2) is 30.8 Å². The van der Waals surface area contributed by atoms with Crippen LogP contribution in [0.25, 0.3) is 11.1 Å². The summed E-state index contributed by atoms with van der Waals surface area (Å²) in [5.74, 6) is 1.49. The molecule has 0 amide bonds. The third-order valence-corrected chi connectivity index (χ3v) is 5.69. The highest BCUT2D eigenvalue weighted by molar-refractivity contribution is 5.70. The first-order chi connectivity index (χ1) is 16.0. The van der Waals surface area contributed by atoms with Crippen molar-refractivity contribution in [1.82, 2.24) is 4.98 Å². The minimum Gasteiger partial charge on any atom is -0.493 e. The molecule has 3 aromatic rings. The molecule has 0 unspecified atom stereocenters. The summed E-state index contributed by atoms with van der Waals surface area (Å²) in [5, 5.41) is 0. The smallest absolute Gasteiger partial charge is 0.305 e. The van der Waals surface area contributed by atoms with E-state index in [9.17, 15) is 4.79 Å². The van der Waals surface area contributed by atoms with Gasteiger partial charge in [0.1, 0.15) is 11.5 Å². The van der Waals surface area contributed by atoms with Crippen molar-refractivity contribution in [2.45, 2.75) is 52.6 Å². The minimum absolute atomic E-state index is 0.00618. The highest BCUT2D eigenvalue weighted by atomic mass is 16.5. The highest BCUT2D eigenvalue weighted by Gasteiger charge is 2.12. The van der Waals surface area contributed by atoms with E-state index in [-0.39, 0.29) is 12.1 Å². The SMILES string of the molecule is CCc1ccc(O[C@@H](C)CCOc2ccc(CCC(=O)OC)c(C)c2)c(-c2cccnc2)c1. The Bertz CT molecular complexity index is 1050. The standard InChI is InChI=1S/C28H33NO4/c1-5-22-8-12-27(26(18-22)24-7-6-15-29-19-24)33-21(3)14-16-32-25-11-9-23(20(2)17-25)10-13-28(30)31-4/h6-9,11-12,15,17-19,21H,5,10,13-14,16H2,1-4H3/t21-/m0/s1. The van der Waals surface area contributed by atoms with Gasteiger partial charge < -0.3 is 14.2 Å².